The van der Waals surface area contributed by atoms with Crippen molar-refractivity contribution in [1.29, 1.82) is 0 Å². The molecule has 2 rings (SSSR count). The van der Waals surface area contributed by atoms with Crippen molar-refractivity contribution in [2.75, 3.05) is 0 Å². The lowest BCUT2D eigenvalue weighted by molar-refractivity contribution is -0.384. The summed E-state index contributed by atoms with van der Waals surface area (Å²) in [5, 5.41) is 11.9. The lowest BCUT2D eigenvalue weighted by atomic mass is 10.2. The van der Waals surface area contributed by atoms with Crippen LogP contribution in [-0.2, 0) is 5.33 Å². The highest BCUT2D eigenvalue weighted by molar-refractivity contribution is 9.08. The molecule has 0 heterocycles. The molecule has 0 spiro atoms. The molecule has 0 unspecified atom stereocenters. The number of nitro groups is 1. The number of hydrogen-bond donors (Lipinski definition) is 0. The Kier molecular flexibility index (Phi) is 4.62. The molecule has 0 aliphatic carbocycles. The van der Waals surface area contributed by atoms with Gasteiger partial charge < -0.3 is 4.74 Å². The molecule has 0 saturated carbocycles. The predicted molar refractivity (Wildman–Crippen MR) is 82.0 cm³/mol. The van der Waals surface area contributed by atoms with Crippen LogP contribution in [0.5, 0.6) is 11.5 Å². The molecule has 0 aliphatic rings. The van der Waals surface area contributed by atoms with Gasteiger partial charge in [0.25, 0.3) is 5.69 Å². The predicted octanol–water partition coefficient (Wildman–Crippen LogP) is 5.24. The van der Waals surface area contributed by atoms with Gasteiger partial charge in [0.2, 0.25) is 0 Å². The Balaban J connectivity index is 2.42. The number of non-ortho nitro benzene ring substituents is 1. The minimum absolute atomic E-state index is 0.00646. The number of rotatable bonds is 4. The third-order valence-electron chi connectivity index (χ3n) is 2.81. The quantitative estimate of drug-likeness (QED) is 0.427. The normalized spacial score (nSPS) is 10.3. The lowest BCUT2D eigenvalue weighted by Gasteiger charge is -2.12. The molecule has 20 heavy (non-hydrogen) atoms. The van der Waals surface area contributed by atoms with E-state index in [1.165, 1.54) is 12.1 Å². The van der Waals surface area contributed by atoms with Gasteiger partial charge in [-0.15, -0.1) is 0 Å². The van der Waals surface area contributed by atoms with Gasteiger partial charge in [-0.25, -0.2) is 0 Å². The number of nitro benzene ring substituents is 1. The van der Waals surface area contributed by atoms with Gasteiger partial charge in [0, 0.05) is 22.0 Å². The van der Waals surface area contributed by atoms with E-state index in [-0.39, 0.29) is 5.69 Å². The molecule has 0 saturated heterocycles. The standard InChI is InChI=1S/C14H11BrClNO3/c1-9-5-6-10(17(18)19)7-14(9)20-13-4-2-3-12(16)11(13)8-15/h2-7H,8H2,1H3. The van der Waals surface area contributed by atoms with Gasteiger partial charge in [0.05, 0.1) is 11.0 Å². The van der Waals surface area contributed by atoms with Gasteiger partial charge in [0.1, 0.15) is 11.5 Å². The number of aryl methyl sites for hydroxylation is 1. The molecular formula is C14H11BrClNO3. The molecule has 0 bridgehead atoms. The summed E-state index contributed by atoms with van der Waals surface area (Å²) in [4.78, 5) is 10.4. The molecule has 0 amide bonds. The van der Waals surface area contributed by atoms with E-state index in [9.17, 15) is 10.1 Å². The summed E-state index contributed by atoms with van der Waals surface area (Å²) < 4.78 is 5.78. The molecule has 0 atom stereocenters. The fourth-order valence-corrected chi connectivity index (χ4v) is 2.67. The average Bonchev–Trinajstić information content (AvgIpc) is 2.41. The third-order valence-corrected chi connectivity index (χ3v) is 3.73. The van der Waals surface area contributed by atoms with Crippen molar-refractivity contribution in [1.82, 2.24) is 0 Å². The smallest absolute Gasteiger partial charge is 0.273 e. The summed E-state index contributed by atoms with van der Waals surface area (Å²) in [5.41, 5.74) is 1.61. The Labute approximate surface area is 129 Å². The monoisotopic (exact) mass is 355 g/mol. The van der Waals surface area contributed by atoms with Crippen molar-refractivity contribution in [3.8, 4) is 11.5 Å². The van der Waals surface area contributed by atoms with Crippen molar-refractivity contribution in [3.05, 3.63) is 62.7 Å². The van der Waals surface area contributed by atoms with E-state index in [1.807, 2.05) is 6.92 Å². The number of nitrogens with zero attached hydrogens (tertiary/aromatic N) is 1. The van der Waals surface area contributed by atoms with E-state index >= 15 is 0 Å². The summed E-state index contributed by atoms with van der Waals surface area (Å²) in [6, 6.07) is 9.84. The van der Waals surface area contributed by atoms with Gasteiger partial charge in [-0.3, -0.25) is 10.1 Å². The second kappa shape index (κ2) is 6.24. The summed E-state index contributed by atoms with van der Waals surface area (Å²) in [6.07, 6.45) is 0. The van der Waals surface area contributed by atoms with Crippen molar-refractivity contribution < 1.29 is 9.66 Å². The van der Waals surface area contributed by atoms with E-state index in [2.05, 4.69) is 15.9 Å². The number of halogens is 2. The number of benzene rings is 2. The van der Waals surface area contributed by atoms with Gasteiger partial charge in [-0.05, 0) is 30.7 Å². The molecule has 6 heteroatoms. The summed E-state index contributed by atoms with van der Waals surface area (Å²) >= 11 is 9.46. The zero-order valence-electron chi connectivity index (χ0n) is 10.6. The first kappa shape index (κ1) is 14.8. The molecular weight excluding hydrogens is 346 g/mol. The molecule has 0 fully saturated rings. The second-order valence-electron chi connectivity index (χ2n) is 4.16. The fourth-order valence-electron chi connectivity index (χ4n) is 1.69. The zero-order valence-corrected chi connectivity index (χ0v) is 12.9. The summed E-state index contributed by atoms with van der Waals surface area (Å²) in [5.74, 6) is 1.03. The zero-order chi connectivity index (χ0) is 14.7. The highest BCUT2D eigenvalue weighted by atomic mass is 79.9. The van der Waals surface area contributed by atoms with E-state index in [0.717, 1.165) is 11.1 Å². The Bertz CT molecular complexity index is 661. The van der Waals surface area contributed by atoms with Crippen LogP contribution in [0, 0.1) is 17.0 Å². The molecule has 104 valence electrons. The van der Waals surface area contributed by atoms with Crippen LogP contribution in [0.1, 0.15) is 11.1 Å². The maximum Gasteiger partial charge on any atom is 0.273 e. The summed E-state index contributed by atoms with van der Waals surface area (Å²) in [6.45, 7) is 1.83. The number of hydrogen-bond acceptors (Lipinski definition) is 3. The number of ether oxygens (including phenoxy) is 1. The minimum Gasteiger partial charge on any atom is -0.456 e. The highest BCUT2D eigenvalue weighted by Gasteiger charge is 2.13. The Morgan fingerprint density at radius 3 is 2.70 bits per heavy atom. The summed E-state index contributed by atoms with van der Waals surface area (Å²) in [7, 11) is 0. The second-order valence-corrected chi connectivity index (χ2v) is 5.13. The molecule has 0 aliphatic heterocycles. The van der Waals surface area contributed by atoms with Crippen molar-refractivity contribution in [3.63, 3.8) is 0 Å². The maximum absolute atomic E-state index is 10.8. The topological polar surface area (TPSA) is 52.4 Å². The Hall–Kier alpha value is -1.59. The lowest BCUT2D eigenvalue weighted by Crippen LogP contribution is -1.94. The van der Waals surface area contributed by atoms with E-state index in [0.29, 0.717) is 21.9 Å². The Morgan fingerprint density at radius 1 is 1.30 bits per heavy atom. The van der Waals surface area contributed by atoms with Gasteiger partial charge in [0.15, 0.2) is 0 Å². The van der Waals surface area contributed by atoms with E-state index in [4.69, 9.17) is 16.3 Å². The van der Waals surface area contributed by atoms with Crippen LogP contribution in [0.3, 0.4) is 0 Å². The van der Waals surface area contributed by atoms with E-state index < -0.39 is 4.92 Å². The van der Waals surface area contributed by atoms with Crippen molar-refractivity contribution >= 4 is 33.2 Å². The first-order valence-corrected chi connectivity index (χ1v) is 7.29. The van der Waals surface area contributed by atoms with Crippen LogP contribution in [0.2, 0.25) is 5.02 Å². The van der Waals surface area contributed by atoms with Gasteiger partial charge in [-0.2, -0.15) is 0 Å². The van der Waals surface area contributed by atoms with Gasteiger partial charge in [-0.1, -0.05) is 33.6 Å². The molecule has 2 aromatic carbocycles. The molecule has 0 N–H and O–H groups in total. The molecule has 0 aromatic heterocycles. The van der Waals surface area contributed by atoms with Crippen LogP contribution in [0.4, 0.5) is 5.69 Å². The third kappa shape index (κ3) is 3.11. The molecule has 0 radical (unpaired) electrons. The first-order chi connectivity index (χ1) is 9.52. The largest absolute Gasteiger partial charge is 0.456 e. The average molecular weight is 357 g/mol. The van der Waals surface area contributed by atoms with Crippen LogP contribution >= 0.6 is 27.5 Å². The number of alkyl halides is 1. The van der Waals surface area contributed by atoms with E-state index in [1.54, 1.807) is 24.3 Å². The van der Waals surface area contributed by atoms with Gasteiger partial charge >= 0.3 is 0 Å². The minimum atomic E-state index is -0.449. The first-order valence-electron chi connectivity index (χ1n) is 5.79. The maximum atomic E-state index is 10.8. The van der Waals surface area contributed by atoms with Crippen LogP contribution in [0.15, 0.2) is 36.4 Å². The highest BCUT2D eigenvalue weighted by Crippen LogP contribution is 2.34. The van der Waals surface area contributed by atoms with Crippen molar-refractivity contribution in [2.45, 2.75) is 12.3 Å². The molecule has 4 nitrogen and oxygen atoms in total. The van der Waals surface area contributed by atoms with Crippen LogP contribution in [0.25, 0.3) is 0 Å². The SMILES string of the molecule is Cc1ccc([N+](=O)[O-])cc1Oc1cccc(Cl)c1CBr. The van der Waals surface area contributed by atoms with Crippen molar-refractivity contribution in [2.24, 2.45) is 0 Å². The van der Waals surface area contributed by atoms with Crippen LogP contribution < -0.4 is 4.74 Å². The molecule has 2 aromatic rings. The van der Waals surface area contributed by atoms with Crippen LogP contribution in [-0.4, -0.2) is 4.92 Å². The fraction of sp³-hybridized carbons (Fsp3) is 0.143. The Morgan fingerprint density at radius 2 is 2.05 bits per heavy atom.